The molecule has 166 valence electrons. The van der Waals surface area contributed by atoms with Crippen LogP contribution in [0.4, 0.5) is 5.13 Å². The van der Waals surface area contributed by atoms with Crippen LogP contribution in [0.2, 0.25) is 0 Å². The van der Waals surface area contributed by atoms with Crippen molar-refractivity contribution in [1.29, 1.82) is 0 Å². The third-order valence-electron chi connectivity index (χ3n) is 5.28. The van der Waals surface area contributed by atoms with Crippen molar-refractivity contribution in [1.82, 2.24) is 19.9 Å². The molecule has 11 heteroatoms. The summed E-state index contributed by atoms with van der Waals surface area (Å²) in [6, 6.07) is 5.61. The Morgan fingerprint density at radius 2 is 2.09 bits per heavy atom. The fourth-order valence-electron chi connectivity index (χ4n) is 3.58. The maximum Gasteiger partial charge on any atom is 0.254 e. The largest absolute Gasteiger partial charge is 0.477 e. The van der Waals surface area contributed by atoms with Crippen molar-refractivity contribution in [3.8, 4) is 17.1 Å². The number of hydrogen-bond acceptors (Lipinski definition) is 8. The van der Waals surface area contributed by atoms with Crippen molar-refractivity contribution in [3.63, 3.8) is 0 Å². The highest BCUT2D eigenvalue weighted by atomic mass is 32.2. The number of ether oxygens (including phenoxy) is 1. The van der Waals surface area contributed by atoms with E-state index >= 15 is 0 Å². The highest BCUT2D eigenvalue weighted by Crippen LogP contribution is 2.32. The van der Waals surface area contributed by atoms with E-state index in [1.807, 2.05) is 19.1 Å². The molecular weight excluding hydrogens is 450 g/mol. The van der Waals surface area contributed by atoms with E-state index in [1.54, 1.807) is 28.7 Å². The number of fused-ring (bicyclic) bond motifs is 1. The molecule has 2 aromatic heterocycles. The van der Waals surface area contributed by atoms with Gasteiger partial charge >= 0.3 is 0 Å². The van der Waals surface area contributed by atoms with Crippen LogP contribution in [-0.2, 0) is 23.1 Å². The van der Waals surface area contributed by atoms with Gasteiger partial charge in [-0.05, 0) is 37.5 Å². The molecule has 0 unspecified atom stereocenters. The lowest BCUT2D eigenvalue weighted by atomic mass is 10.0. The minimum Gasteiger partial charge on any atom is -0.477 e. The third-order valence-corrected chi connectivity index (χ3v) is 8.04. The van der Waals surface area contributed by atoms with Gasteiger partial charge in [-0.3, -0.25) is 14.5 Å². The molecule has 0 radical (unpaired) electrons. The number of hydrogen-bond donors (Lipinski definition) is 1. The molecule has 9 nitrogen and oxygen atoms in total. The lowest BCUT2D eigenvalue weighted by molar-refractivity contribution is 0.0765. The van der Waals surface area contributed by atoms with Gasteiger partial charge in [0.2, 0.25) is 15.9 Å². The maximum absolute atomic E-state index is 12.9. The summed E-state index contributed by atoms with van der Waals surface area (Å²) in [5.41, 5.74) is 3.74. The van der Waals surface area contributed by atoms with E-state index in [0.717, 1.165) is 11.1 Å². The van der Waals surface area contributed by atoms with Gasteiger partial charge in [0.25, 0.3) is 5.91 Å². The van der Waals surface area contributed by atoms with Crippen LogP contribution in [0.3, 0.4) is 0 Å². The molecular formula is C21H21N5O4S2. The van der Waals surface area contributed by atoms with Gasteiger partial charge in [-0.25, -0.2) is 18.4 Å². The molecule has 5 rings (SSSR count). The summed E-state index contributed by atoms with van der Waals surface area (Å²) in [6.07, 6.45) is 4.62. The highest BCUT2D eigenvalue weighted by Gasteiger charge is 2.36. The number of carbonyl (C=O) groups is 1. The van der Waals surface area contributed by atoms with Crippen LogP contribution < -0.4 is 9.46 Å². The lowest BCUT2D eigenvalue weighted by Gasteiger charge is -2.13. The Morgan fingerprint density at radius 1 is 1.25 bits per heavy atom. The molecule has 1 fully saturated rings. The SMILES string of the molecule is CCOc1cncc(-c2ccc3c(c2)CN(Cc2csc(NS(=O)(=O)C4CC4)n2)C3=O)n1. The van der Waals surface area contributed by atoms with Crippen molar-refractivity contribution >= 4 is 32.4 Å². The predicted molar refractivity (Wildman–Crippen MR) is 120 cm³/mol. The Kier molecular flexibility index (Phi) is 5.30. The minimum absolute atomic E-state index is 0.0752. The monoisotopic (exact) mass is 471 g/mol. The normalized spacial score (nSPS) is 15.7. The van der Waals surface area contributed by atoms with E-state index in [0.29, 0.717) is 60.5 Å². The van der Waals surface area contributed by atoms with E-state index in [2.05, 4.69) is 19.7 Å². The average Bonchev–Trinajstić information content (AvgIpc) is 3.49. The lowest BCUT2D eigenvalue weighted by Crippen LogP contribution is -2.23. The molecule has 1 amide bonds. The van der Waals surface area contributed by atoms with Crippen LogP contribution in [0, 0.1) is 0 Å². The van der Waals surface area contributed by atoms with Crippen LogP contribution in [0.25, 0.3) is 11.3 Å². The number of thiazole rings is 1. The first-order chi connectivity index (χ1) is 15.4. The van der Waals surface area contributed by atoms with Crippen LogP contribution in [0.1, 0.15) is 41.4 Å². The van der Waals surface area contributed by atoms with Crippen LogP contribution >= 0.6 is 11.3 Å². The van der Waals surface area contributed by atoms with Crippen LogP contribution in [0.5, 0.6) is 5.88 Å². The molecule has 3 aromatic rings. The van der Waals surface area contributed by atoms with Gasteiger partial charge in [-0.15, -0.1) is 11.3 Å². The fourth-order valence-corrected chi connectivity index (χ4v) is 5.88. The second kappa shape index (κ2) is 8.14. The van der Waals surface area contributed by atoms with Crippen molar-refractivity contribution < 1.29 is 17.9 Å². The standard InChI is InChI=1S/C21H21N5O4S2/c1-2-30-19-9-22-8-18(24-19)13-3-6-17-14(7-13)10-26(20(17)27)11-15-12-31-21(23-15)25-32(28,29)16-4-5-16/h3,6-9,12,16H,2,4-5,10-11H2,1H3,(H,23,25). The topological polar surface area (TPSA) is 114 Å². The molecule has 1 saturated carbocycles. The third kappa shape index (κ3) is 4.17. The second-order valence-corrected chi connectivity index (χ2v) is 10.5. The summed E-state index contributed by atoms with van der Waals surface area (Å²) in [5.74, 6) is 0.383. The van der Waals surface area contributed by atoms with E-state index in [-0.39, 0.29) is 11.2 Å². The molecule has 0 bridgehead atoms. The molecule has 1 N–H and O–H groups in total. The van der Waals surface area contributed by atoms with Gasteiger partial charge in [0.15, 0.2) is 5.13 Å². The van der Waals surface area contributed by atoms with Gasteiger partial charge in [0.05, 0.1) is 42.2 Å². The van der Waals surface area contributed by atoms with Crippen molar-refractivity contribution in [3.05, 3.63) is 52.8 Å². The molecule has 2 aliphatic rings. The number of sulfonamides is 1. The first-order valence-electron chi connectivity index (χ1n) is 10.3. The average molecular weight is 472 g/mol. The first-order valence-corrected chi connectivity index (χ1v) is 12.7. The van der Waals surface area contributed by atoms with Crippen molar-refractivity contribution in [2.45, 2.75) is 38.1 Å². The Balaban J connectivity index is 1.30. The van der Waals surface area contributed by atoms with Crippen molar-refractivity contribution in [2.24, 2.45) is 0 Å². The van der Waals surface area contributed by atoms with Gasteiger partial charge in [-0.2, -0.15) is 0 Å². The Hall–Kier alpha value is -3.05. The summed E-state index contributed by atoms with van der Waals surface area (Å²) >= 11 is 1.23. The van der Waals surface area contributed by atoms with E-state index in [1.165, 1.54) is 11.3 Å². The number of nitrogens with zero attached hydrogens (tertiary/aromatic N) is 4. The number of anilines is 1. The number of benzene rings is 1. The summed E-state index contributed by atoms with van der Waals surface area (Å²) in [4.78, 5) is 27.6. The summed E-state index contributed by atoms with van der Waals surface area (Å²) in [6.45, 7) is 3.15. The Bertz CT molecular complexity index is 1290. The fraction of sp³-hybridized carbons (Fsp3) is 0.333. The predicted octanol–water partition coefficient (Wildman–Crippen LogP) is 3.06. The first kappa shape index (κ1) is 20.8. The van der Waals surface area contributed by atoms with Crippen LogP contribution in [0.15, 0.2) is 36.0 Å². The zero-order chi connectivity index (χ0) is 22.3. The Morgan fingerprint density at radius 3 is 2.88 bits per heavy atom. The molecule has 0 saturated heterocycles. The molecule has 32 heavy (non-hydrogen) atoms. The molecule has 1 aliphatic carbocycles. The maximum atomic E-state index is 12.9. The molecule has 1 aliphatic heterocycles. The van der Waals surface area contributed by atoms with Gasteiger partial charge in [0.1, 0.15) is 0 Å². The number of rotatable bonds is 8. The number of amides is 1. The van der Waals surface area contributed by atoms with E-state index < -0.39 is 10.0 Å². The Labute approximate surface area is 189 Å². The number of nitrogens with one attached hydrogen (secondary N) is 1. The molecule has 3 heterocycles. The second-order valence-electron chi connectivity index (χ2n) is 7.70. The quantitative estimate of drug-likeness (QED) is 0.537. The van der Waals surface area contributed by atoms with Gasteiger partial charge < -0.3 is 9.64 Å². The van der Waals surface area contributed by atoms with Crippen molar-refractivity contribution in [2.75, 3.05) is 11.3 Å². The highest BCUT2D eigenvalue weighted by molar-refractivity contribution is 7.93. The van der Waals surface area contributed by atoms with Crippen LogP contribution in [-0.4, -0.2) is 46.0 Å². The smallest absolute Gasteiger partial charge is 0.254 e. The summed E-state index contributed by atoms with van der Waals surface area (Å²) in [5, 5.41) is 1.81. The van der Waals surface area contributed by atoms with E-state index in [9.17, 15) is 13.2 Å². The summed E-state index contributed by atoms with van der Waals surface area (Å²) < 4.78 is 32.2. The van der Waals surface area contributed by atoms with Gasteiger partial charge in [-0.1, -0.05) is 6.07 Å². The number of aromatic nitrogens is 3. The summed E-state index contributed by atoms with van der Waals surface area (Å²) in [7, 11) is -3.35. The zero-order valence-corrected chi connectivity index (χ0v) is 18.9. The molecule has 0 spiro atoms. The minimum atomic E-state index is -3.35. The number of carbonyl (C=O) groups excluding carboxylic acids is 1. The van der Waals surface area contributed by atoms with E-state index in [4.69, 9.17) is 4.74 Å². The molecule has 1 aromatic carbocycles. The van der Waals surface area contributed by atoms with Gasteiger partial charge in [0, 0.05) is 23.1 Å². The molecule has 0 atom stereocenters. The zero-order valence-electron chi connectivity index (χ0n) is 17.3.